The second kappa shape index (κ2) is 5.11. The summed E-state index contributed by atoms with van der Waals surface area (Å²) in [7, 11) is 0. The first-order valence-electron chi connectivity index (χ1n) is 4.08. The second-order valence-corrected chi connectivity index (χ2v) is 3.32. The van der Waals surface area contributed by atoms with E-state index < -0.39 is 5.60 Å². The third-order valence-electron chi connectivity index (χ3n) is 1.29. The van der Waals surface area contributed by atoms with Gasteiger partial charge in [-0.05, 0) is 13.8 Å². The highest BCUT2D eigenvalue weighted by Crippen LogP contribution is 2.06. The number of carbonyl (C=O) groups excluding carboxylic acids is 1. The second-order valence-electron chi connectivity index (χ2n) is 3.32. The molecular formula is C8H18N2O2. The molecule has 3 N–H and O–H groups in total. The fourth-order valence-electron chi connectivity index (χ4n) is 0.917. The molecule has 0 aliphatic heterocycles. The van der Waals surface area contributed by atoms with Crippen LogP contribution in [0.5, 0.6) is 0 Å². The van der Waals surface area contributed by atoms with Gasteiger partial charge in [0.1, 0.15) is 5.60 Å². The Morgan fingerprint density at radius 2 is 2.17 bits per heavy atom. The number of ether oxygens (including phenoxy) is 1. The van der Waals surface area contributed by atoms with Gasteiger partial charge < -0.3 is 15.8 Å². The standard InChI is InChI=1S/C8H18N2O2/c1-7(11)12-8(2,3)6-10-5-4-9/h10H,4-6,9H2,1-3H3. The van der Waals surface area contributed by atoms with Crippen molar-refractivity contribution in [3.8, 4) is 0 Å². The van der Waals surface area contributed by atoms with Crippen LogP contribution in [0.1, 0.15) is 20.8 Å². The van der Waals surface area contributed by atoms with Gasteiger partial charge in [0.25, 0.3) is 0 Å². The minimum absolute atomic E-state index is 0.255. The molecule has 4 nitrogen and oxygen atoms in total. The number of nitrogens with one attached hydrogen (secondary N) is 1. The van der Waals surface area contributed by atoms with Crippen LogP contribution in [0.2, 0.25) is 0 Å². The summed E-state index contributed by atoms with van der Waals surface area (Å²) in [6.07, 6.45) is 0. The van der Waals surface area contributed by atoms with Crippen molar-refractivity contribution in [3.05, 3.63) is 0 Å². The Morgan fingerprint density at radius 1 is 1.58 bits per heavy atom. The number of esters is 1. The van der Waals surface area contributed by atoms with E-state index in [0.717, 1.165) is 6.54 Å². The quantitative estimate of drug-likeness (QED) is 0.450. The van der Waals surface area contributed by atoms with E-state index in [0.29, 0.717) is 13.1 Å². The molecule has 4 heteroatoms. The predicted octanol–water partition coefficient (Wildman–Crippen LogP) is -0.124. The average molecular weight is 174 g/mol. The van der Waals surface area contributed by atoms with Crippen LogP contribution in [0.25, 0.3) is 0 Å². The molecule has 0 aromatic heterocycles. The predicted molar refractivity (Wildman–Crippen MR) is 47.8 cm³/mol. The van der Waals surface area contributed by atoms with E-state index in [1.165, 1.54) is 6.92 Å². The molecular weight excluding hydrogens is 156 g/mol. The van der Waals surface area contributed by atoms with Crippen molar-refractivity contribution in [2.24, 2.45) is 5.73 Å². The molecule has 72 valence electrons. The molecule has 0 aliphatic rings. The summed E-state index contributed by atoms with van der Waals surface area (Å²) in [5.74, 6) is -0.255. The van der Waals surface area contributed by atoms with E-state index in [-0.39, 0.29) is 5.97 Å². The lowest BCUT2D eigenvalue weighted by Crippen LogP contribution is -2.40. The summed E-state index contributed by atoms with van der Waals surface area (Å²) in [5.41, 5.74) is 4.85. The van der Waals surface area contributed by atoms with Gasteiger partial charge in [-0.1, -0.05) is 0 Å². The van der Waals surface area contributed by atoms with Gasteiger partial charge in [0.15, 0.2) is 0 Å². The molecule has 0 rings (SSSR count). The van der Waals surface area contributed by atoms with Crippen molar-refractivity contribution in [2.45, 2.75) is 26.4 Å². The van der Waals surface area contributed by atoms with E-state index in [4.69, 9.17) is 10.5 Å². The van der Waals surface area contributed by atoms with Crippen molar-refractivity contribution in [1.29, 1.82) is 0 Å². The molecule has 0 saturated heterocycles. The van der Waals surface area contributed by atoms with Gasteiger partial charge in [-0.2, -0.15) is 0 Å². The number of hydrogen-bond donors (Lipinski definition) is 2. The van der Waals surface area contributed by atoms with Crippen molar-refractivity contribution >= 4 is 5.97 Å². The highest BCUT2D eigenvalue weighted by molar-refractivity contribution is 5.66. The summed E-state index contributed by atoms with van der Waals surface area (Å²) in [6, 6.07) is 0. The Bertz CT molecular complexity index is 146. The first-order chi connectivity index (χ1) is 5.48. The lowest BCUT2D eigenvalue weighted by Gasteiger charge is -2.24. The van der Waals surface area contributed by atoms with Crippen molar-refractivity contribution < 1.29 is 9.53 Å². The van der Waals surface area contributed by atoms with Crippen LogP contribution in [0.15, 0.2) is 0 Å². The summed E-state index contributed by atoms with van der Waals surface area (Å²) in [4.78, 5) is 10.6. The Labute approximate surface area is 73.5 Å². The minimum atomic E-state index is -0.443. The number of hydrogen-bond acceptors (Lipinski definition) is 4. The van der Waals surface area contributed by atoms with Crippen molar-refractivity contribution in [1.82, 2.24) is 5.32 Å². The van der Waals surface area contributed by atoms with E-state index >= 15 is 0 Å². The van der Waals surface area contributed by atoms with Crippen LogP contribution in [-0.4, -0.2) is 31.2 Å². The zero-order valence-electron chi connectivity index (χ0n) is 8.02. The Morgan fingerprint density at radius 3 is 2.58 bits per heavy atom. The van der Waals surface area contributed by atoms with Crippen molar-refractivity contribution in [3.63, 3.8) is 0 Å². The van der Waals surface area contributed by atoms with Gasteiger partial charge in [-0.15, -0.1) is 0 Å². The molecule has 0 spiro atoms. The maximum atomic E-state index is 10.6. The molecule has 0 bridgehead atoms. The zero-order chi connectivity index (χ0) is 9.61. The molecule has 12 heavy (non-hydrogen) atoms. The topological polar surface area (TPSA) is 64.3 Å². The van der Waals surface area contributed by atoms with Crippen LogP contribution >= 0.6 is 0 Å². The zero-order valence-corrected chi connectivity index (χ0v) is 8.02. The Kier molecular flexibility index (Phi) is 4.85. The van der Waals surface area contributed by atoms with Crippen LogP contribution in [0, 0.1) is 0 Å². The highest BCUT2D eigenvalue weighted by atomic mass is 16.6. The SMILES string of the molecule is CC(=O)OC(C)(C)CNCCN. The maximum Gasteiger partial charge on any atom is 0.303 e. The van der Waals surface area contributed by atoms with Crippen LogP contribution in [-0.2, 0) is 9.53 Å². The molecule has 0 aromatic carbocycles. The van der Waals surface area contributed by atoms with Crippen molar-refractivity contribution in [2.75, 3.05) is 19.6 Å². The minimum Gasteiger partial charge on any atom is -0.458 e. The third-order valence-corrected chi connectivity index (χ3v) is 1.29. The molecule has 0 fully saturated rings. The largest absolute Gasteiger partial charge is 0.458 e. The van der Waals surface area contributed by atoms with Gasteiger partial charge in [0.05, 0.1) is 0 Å². The number of rotatable bonds is 5. The molecule has 0 aromatic rings. The van der Waals surface area contributed by atoms with Crippen LogP contribution < -0.4 is 11.1 Å². The maximum absolute atomic E-state index is 10.6. The monoisotopic (exact) mass is 174 g/mol. The fraction of sp³-hybridized carbons (Fsp3) is 0.875. The van der Waals surface area contributed by atoms with Gasteiger partial charge in [0.2, 0.25) is 0 Å². The first kappa shape index (κ1) is 11.4. The number of carbonyl (C=O) groups is 1. The third kappa shape index (κ3) is 6.12. The van der Waals surface area contributed by atoms with Gasteiger partial charge in [0, 0.05) is 26.6 Å². The molecule has 0 aliphatic carbocycles. The Hall–Kier alpha value is -0.610. The van der Waals surface area contributed by atoms with E-state index in [1.807, 2.05) is 13.8 Å². The molecule has 0 saturated carbocycles. The fourth-order valence-corrected chi connectivity index (χ4v) is 0.917. The summed E-state index contributed by atoms with van der Waals surface area (Å²) in [5, 5.41) is 3.08. The van der Waals surface area contributed by atoms with Gasteiger partial charge >= 0.3 is 5.97 Å². The molecule has 0 radical (unpaired) electrons. The lowest BCUT2D eigenvalue weighted by molar-refractivity contribution is -0.153. The highest BCUT2D eigenvalue weighted by Gasteiger charge is 2.19. The molecule has 0 atom stereocenters. The molecule has 0 unspecified atom stereocenters. The Balaban J connectivity index is 3.63. The first-order valence-corrected chi connectivity index (χ1v) is 4.08. The van der Waals surface area contributed by atoms with E-state index in [9.17, 15) is 4.79 Å². The normalized spacial score (nSPS) is 11.3. The van der Waals surface area contributed by atoms with E-state index in [2.05, 4.69) is 5.32 Å². The summed E-state index contributed by atoms with van der Waals surface area (Å²) >= 11 is 0. The number of nitrogens with two attached hydrogens (primary N) is 1. The molecule has 0 heterocycles. The van der Waals surface area contributed by atoms with E-state index in [1.54, 1.807) is 0 Å². The molecule has 0 amide bonds. The van der Waals surface area contributed by atoms with Crippen LogP contribution in [0.4, 0.5) is 0 Å². The van der Waals surface area contributed by atoms with Gasteiger partial charge in [-0.3, -0.25) is 4.79 Å². The van der Waals surface area contributed by atoms with Crippen LogP contribution in [0.3, 0.4) is 0 Å². The lowest BCUT2D eigenvalue weighted by atomic mass is 10.1. The van der Waals surface area contributed by atoms with Gasteiger partial charge in [-0.25, -0.2) is 0 Å². The smallest absolute Gasteiger partial charge is 0.303 e. The summed E-state index contributed by atoms with van der Waals surface area (Å²) < 4.78 is 5.04. The average Bonchev–Trinajstić information content (AvgIpc) is 1.84. The summed E-state index contributed by atoms with van der Waals surface area (Å²) in [6.45, 7) is 7.09.